The minimum atomic E-state index is -4.13. The molecule has 0 aromatic heterocycles. The van der Waals surface area contributed by atoms with Gasteiger partial charge in [-0.05, 0) is 18.2 Å². The lowest BCUT2D eigenvalue weighted by Gasteiger charge is -2.10. The average molecular weight is 388 g/mol. The number of rotatable bonds is 6. The molecule has 11 heteroatoms. The van der Waals surface area contributed by atoms with E-state index >= 15 is 0 Å². The zero-order valence-corrected chi connectivity index (χ0v) is 14.4. The summed E-state index contributed by atoms with van der Waals surface area (Å²) in [4.78, 5) is 36.8. The van der Waals surface area contributed by atoms with Crippen molar-refractivity contribution in [2.24, 2.45) is 5.10 Å². The van der Waals surface area contributed by atoms with Gasteiger partial charge in [0.2, 0.25) is 0 Å². The summed E-state index contributed by atoms with van der Waals surface area (Å²) in [5.41, 5.74) is 0.161. The number of nitro benzene ring substituents is 1. The number of nitro groups is 1. The van der Waals surface area contributed by atoms with Gasteiger partial charge >= 0.3 is 0 Å². The molecule has 2 amide bonds. The SMILES string of the molecule is O=C1c2ccccc2C(=O)N1C/C=N/NS(=O)(=O)c1cccc([N+](=O)[O-])c1. The molecule has 0 unspecified atom stereocenters. The Bertz CT molecular complexity index is 1040. The molecule has 0 aliphatic carbocycles. The van der Waals surface area contributed by atoms with Gasteiger partial charge in [0.25, 0.3) is 27.5 Å². The first-order valence-electron chi connectivity index (χ1n) is 7.54. The Kier molecular flexibility index (Phi) is 4.69. The van der Waals surface area contributed by atoms with Crippen LogP contribution in [-0.2, 0) is 10.0 Å². The third kappa shape index (κ3) is 3.53. The molecule has 0 spiro atoms. The molecule has 10 nitrogen and oxygen atoms in total. The number of carbonyl (C=O) groups excluding carboxylic acids is 2. The molecule has 1 N–H and O–H groups in total. The topological polar surface area (TPSA) is 139 Å². The maximum Gasteiger partial charge on any atom is 0.276 e. The molecule has 138 valence electrons. The summed E-state index contributed by atoms with van der Waals surface area (Å²) in [6, 6.07) is 10.8. The van der Waals surface area contributed by atoms with Crippen molar-refractivity contribution < 1.29 is 22.9 Å². The molecule has 2 aromatic carbocycles. The highest BCUT2D eigenvalue weighted by molar-refractivity contribution is 7.89. The number of benzene rings is 2. The molecule has 2 aromatic rings. The van der Waals surface area contributed by atoms with Crippen LogP contribution in [0.3, 0.4) is 0 Å². The Morgan fingerprint density at radius 2 is 1.70 bits per heavy atom. The van der Waals surface area contributed by atoms with Crippen molar-refractivity contribution in [1.29, 1.82) is 0 Å². The maximum atomic E-state index is 12.2. The molecular weight excluding hydrogens is 376 g/mol. The van der Waals surface area contributed by atoms with Crippen LogP contribution in [0.15, 0.2) is 58.5 Å². The number of hydrazone groups is 1. The lowest BCUT2D eigenvalue weighted by atomic mass is 10.1. The van der Waals surface area contributed by atoms with Crippen LogP contribution in [-0.4, -0.2) is 42.8 Å². The standard InChI is InChI=1S/C16H12N4O6S/c21-15-13-6-1-2-7-14(13)16(22)19(15)9-8-17-18-27(25,26)12-5-3-4-11(10-12)20(23)24/h1-8,10,18H,9H2/b17-8+. The van der Waals surface area contributed by atoms with Crippen molar-refractivity contribution in [3.8, 4) is 0 Å². The van der Waals surface area contributed by atoms with Gasteiger partial charge in [0.1, 0.15) is 0 Å². The zero-order valence-electron chi connectivity index (χ0n) is 13.6. The van der Waals surface area contributed by atoms with E-state index in [-0.39, 0.29) is 28.3 Å². The Hall–Kier alpha value is -3.60. The normalized spacial score (nSPS) is 13.9. The number of hydrogen-bond acceptors (Lipinski definition) is 7. The second-order valence-electron chi connectivity index (χ2n) is 5.43. The van der Waals surface area contributed by atoms with Gasteiger partial charge in [0, 0.05) is 18.3 Å². The van der Waals surface area contributed by atoms with Gasteiger partial charge in [-0.15, -0.1) is 0 Å². The number of carbonyl (C=O) groups is 2. The molecule has 0 saturated carbocycles. The number of non-ortho nitro benzene ring substituents is 1. The van der Waals surface area contributed by atoms with Gasteiger partial charge in [-0.1, -0.05) is 18.2 Å². The second kappa shape index (κ2) is 6.96. The van der Waals surface area contributed by atoms with E-state index in [0.717, 1.165) is 23.2 Å². The summed E-state index contributed by atoms with van der Waals surface area (Å²) in [5, 5.41) is 14.2. The average Bonchev–Trinajstić information content (AvgIpc) is 2.90. The van der Waals surface area contributed by atoms with E-state index in [0.29, 0.717) is 0 Å². The van der Waals surface area contributed by atoms with Gasteiger partial charge in [-0.2, -0.15) is 13.5 Å². The van der Waals surface area contributed by atoms with Crippen molar-refractivity contribution in [3.05, 3.63) is 69.8 Å². The van der Waals surface area contributed by atoms with E-state index in [9.17, 15) is 28.1 Å². The van der Waals surface area contributed by atoms with Gasteiger partial charge in [-0.25, -0.2) is 4.83 Å². The van der Waals surface area contributed by atoms with Gasteiger partial charge in [0.05, 0.1) is 27.5 Å². The highest BCUT2D eigenvalue weighted by Crippen LogP contribution is 2.21. The molecule has 0 saturated heterocycles. The number of amides is 2. The van der Waals surface area contributed by atoms with Crippen molar-refractivity contribution >= 4 is 33.7 Å². The molecule has 27 heavy (non-hydrogen) atoms. The number of sulfonamides is 1. The molecule has 0 fully saturated rings. The number of hydrogen-bond donors (Lipinski definition) is 1. The second-order valence-corrected chi connectivity index (χ2v) is 7.09. The van der Waals surface area contributed by atoms with E-state index in [2.05, 4.69) is 5.10 Å². The number of fused-ring (bicyclic) bond motifs is 1. The van der Waals surface area contributed by atoms with Crippen LogP contribution < -0.4 is 4.83 Å². The Balaban J connectivity index is 1.68. The van der Waals surface area contributed by atoms with Crippen LogP contribution in [0.2, 0.25) is 0 Å². The lowest BCUT2D eigenvalue weighted by molar-refractivity contribution is -0.385. The Labute approximate surface area is 153 Å². The van der Waals surface area contributed by atoms with Crippen molar-refractivity contribution in [2.45, 2.75) is 4.90 Å². The van der Waals surface area contributed by atoms with Crippen LogP contribution >= 0.6 is 0 Å². The number of nitrogens with one attached hydrogen (secondary N) is 1. The highest BCUT2D eigenvalue weighted by atomic mass is 32.2. The third-order valence-corrected chi connectivity index (χ3v) is 4.97. The highest BCUT2D eigenvalue weighted by Gasteiger charge is 2.34. The molecule has 0 radical (unpaired) electrons. The molecule has 1 aliphatic rings. The molecule has 1 heterocycles. The van der Waals surface area contributed by atoms with E-state index in [1.54, 1.807) is 12.1 Å². The summed E-state index contributed by atoms with van der Waals surface area (Å²) < 4.78 is 24.2. The third-order valence-electron chi connectivity index (χ3n) is 3.75. The van der Waals surface area contributed by atoms with Gasteiger partial charge in [-0.3, -0.25) is 24.6 Å². The summed E-state index contributed by atoms with van der Waals surface area (Å²) in [6.45, 7) is -0.232. The van der Waals surface area contributed by atoms with Gasteiger partial charge < -0.3 is 0 Å². The Morgan fingerprint density at radius 1 is 1.07 bits per heavy atom. The van der Waals surface area contributed by atoms with E-state index in [4.69, 9.17) is 0 Å². The summed E-state index contributed by atoms with van der Waals surface area (Å²) in [5.74, 6) is -0.993. The minimum Gasteiger partial charge on any atom is -0.269 e. The fourth-order valence-corrected chi connectivity index (χ4v) is 3.30. The van der Waals surface area contributed by atoms with Gasteiger partial charge in [0.15, 0.2) is 0 Å². The summed E-state index contributed by atoms with van der Waals surface area (Å²) in [6.07, 6.45) is 1.05. The summed E-state index contributed by atoms with van der Waals surface area (Å²) in [7, 11) is -4.13. The predicted molar refractivity (Wildman–Crippen MR) is 93.7 cm³/mol. The number of nitrogens with zero attached hydrogens (tertiary/aromatic N) is 3. The number of imide groups is 1. The van der Waals surface area contributed by atoms with Crippen LogP contribution in [0.4, 0.5) is 5.69 Å². The summed E-state index contributed by atoms with van der Waals surface area (Å²) >= 11 is 0. The van der Waals surface area contributed by atoms with Crippen LogP contribution in [0.25, 0.3) is 0 Å². The smallest absolute Gasteiger partial charge is 0.269 e. The van der Waals surface area contributed by atoms with Crippen molar-refractivity contribution in [1.82, 2.24) is 9.73 Å². The lowest BCUT2D eigenvalue weighted by Crippen LogP contribution is -2.32. The fraction of sp³-hybridized carbons (Fsp3) is 0.0625. The minimum absolute atomic E-state index is 0.232. The molecule has 3 rings (SSSR count). The van der Waals surface area contributed by atoms with E-state index in [1.165, 1.54) is 24.3 Å². The monoisotopic (exact) mass is 388 g/mol. The van der Waals surface area contributed by atoms with Crippen molar-refractivity contribution in [3.63, 3.8) is 0 Å². The van der Waals surface area contributed by atoms with Crippen LogP contribution in [0, 0.1) is 10.1 Å². The Morgan fingerprint density at radius 3 is 2.30 bits per heavy atom. The molecule has 0 atom stereocenters. The van der Waals surface area contributed by atoms with Crippen LogP contribution in [0.1, 0.15) is 20.7 Å². The van der Waals surface area contributed by atoms with E-state index < -0.39 is 26.8 Å². The predicted octanol–water partition coefficient (Wildman–Crippen LogP) is 1.16. The maximum absolute atomic E-state index is 12.2. The molecular formula is C16H12N4O6S. The van der Waals surface area contributed by atoms with Crippen molar-refractivity contribution in [2.75, 3.05) is 6.54 Å². The first kappa shape index (κ1) is 18.2. The first-order valence-corrected chi connectivity index (χ1v) is 9.02. The van der Waals surface area contributed by atoms with E-state index in [1.807, 2.05) is 4.83 Å². The quantitative estimate of drug-likeness (QED) is 0.341. The first-order chi connectivity index (χ1) is 12.8. The fourth-order valence-electron chi connectivity index (χ4n) is 2.45. The largest absolute Gasteiger partial charge is 0.276 e. The molecule has 1 aliphatic heterocycles. The van der Waals surface area contributed by atoms with Crippen LogP contribution in [0.5, 0.6) is 0 Å². The molecule has 0 bridgehead atoms. The zero-order chi connectivity index (χ0) is 19.6.